The Morgan fingerprint density at radius 2 is 1.42 bits per heavy atom. The quantitative estimate of drug-likeness (QED) is 0.199. The van der Waals surface area contributed by atoms with Crippen LogP contribution in [0.5, 0.6) is 0 Å². The van der Waals surface area contributed by atoms with E-state index in [1.807, 2.05) is 20.8 Å². The van der Waals surface area contributed by atoms with E-state index in [0.29, 0.717) is 0 Å². The molecule has 0 spiro atoms. The standard InChI is InChI=1S/C22H38O2/c1-5-6-7-8-9-10-11-12-13-14-15-16-17-18-19-21(4)22(23)24-20(2)3/h6-7,9-10,12-13,20-21H,5,8,11,14-19H2,1-4H3/b7-6-,10-9-,13-12-. The molecule has 1 atom stereocenters. The topological polar surface area (TPSA) is 26.3 Å². The Bertz CT molecular complexity index is 377. The summed E-state index contributed by atoms with van der Waals surface area (Å²) in [5.74, 6) is -0.0163. The smallest absolute Gasteiger partial charge is 0.308 e. The summed E-state index contributed by atoms with van der Waals surface area (Å²) in [4.78, 5) is 11.7. The average Bonchev–Trinajstić information content (AvgIpc) is 2.54. The third-order valence-electron chi connectivity index (χ3n) is 3.79. The van der Waals surface area contributed by atoms with Crippen LogP contribution >= 0.6 is 0 Å². The highest BCUT2D eigenvalue weighted by Gasteiger charge is 2.14. The van der Waals surface area contributed by atoms with Gasteiger partial charge in [-0.25, -0.2) is 0 Å². The van der Waals surface area contributed by atoms with E-state index in [4.69, 9.17) is 4.74 Å². The van der Waals surface area contributed by atoms with Crippen LogP contribution in [0.2, 0.25) is 0 Å². The maximum atomic E-state index is 11.7. The van der Waals surface area contributed by atoms with Crippen LogP contribution in [0.4, 0.5) is 0 Å². The molecular weight excluding hydrogens is 296 g/mol. The summed E-state index contributed by atoms with van der Waals surface area (Å²) in [6, 6.07) is 0. The zero-order chi connectivity index (χ0) is 18.0. The van der Waals surface area contributed by atoms with Crippen molar-refractivity contribution in [3.63, 3.8) is 0 Å². The molecule has 0 bridgehead atoms. The fourth-order valence-corrected chi connectivity index (χ4v) is 2.36. The summed E-state index contributed by atoms with van der Waals surface area (Å²) >= 11 is 0. The molecule has 0 N–H and O–H groups in total. The minimum Gasteiger partial charge on any atom is -0.463 e. The van der Waals surface area contributed by atoms with Crippen molar-refractivity contribution in [2.75, 3.05) is 0 Å². The number of allylic oxidation sites excluding steroid dienone is 6. The van der Waals surface area contributed by atoms with Crippen LogP contribution in [0, 0.1) is 5.92 Å². The van der Waals surface area contributed by atoms with Crippen molar-refractivity contribution >= 4 is 5.97 Å². The van der Waals surface area contributed by atoms with E-state index in [-0.39, 0.29) is 18.0 Å². The van der Waals surface area contributed by atoms with Crippen LogP contribution in [0.3, 0.4) is 0 Å². The molecule has 24 heavy (non-hydrogen) atoms. The predicted octanol–water partition coefficient (Wildman–Crippen LogP) is 6.77. The SMILES string of the molecule is CC/C=C\C/C=C\C/C=C\CCCCCCC(C)C(=O)OC(C)C. The van der Waals surface area contributed by atoms with Crippen molar-refractivity contribution in [3.8, 4) is 0 Å². The highest BCUT2D eigenvalue weighted by atomic mass is 16.5. The molecule has 138 valence electrons. The highest BCUT2D eigenvalue weighted by Crippen LogP contribution is 2.13. The first kappa shape index (κ1) is 22.7. The van der Waals surface area contributed by atoms with Gasteiger partial charge in [-0.05, 0) is 52.4 Å². The molecule has 0 aromatic rings. The molecule has 0 aliphatic heterocycles. The number of unbranched alkanes of at least 4 members (excludes halogenated alkanes) is 4. The number of ether oxygens (including phenoxy) is 1. The summed E-state index contributed by atoms with van der Waals surface area (Å²) in [6.07, 6.45) is 23.5. The van der Waals surface area contributed by atoms with Gasteiger partial charge in [-0.15, -0.1) is 0 Å². The number of carbonyl (C=O) groups excluding carboxylic acids is 1. The van der Waals surface area contributed by atoms with Crippen LogP contribution < -0.4 is 0 Å². The number of hydrogen-bond acceptors (Lipinski definition) is 2. The lowest BCUT2D eigenvalue weighted by atomic mass is 10.0. The molecule has 0 radical (unpaired) electrons. The van der Waals surface area contributed by atoms with E-state index in [1.54, 1.807) is 0 Å². The number of esters is 1. The molecule has 0 fully saturated rings. The van der Waals surface area contributed by atoms with Gasteiger partial charge in [0.25, 0.3) is 0 Å². The van der Waals surface area contributed by atoms with Gasteiger partial charge in [-0.1, -0.05) is 69.6 Å². The zero-order valence-corrected chi connectivity index (χ0v) is 16.3. The van der Waals surface area contributed by atoms with Gasteiger partial charge in [0, 0.05) is 0 Å². The number of carbonyl (C=O) groups is 1. The Balaban J connectivity index is 3.46. The van der Waals surface area contributed by atoms with Crippen molar-refractivity contribution in [2.45, 2.75) is 91.6 Å². The van der Waals surface area contributed by atoms with Gasteiger partial charge in [-0.3, -0.25) is 4.79 Å². The zero-order valence-electron chi connectivity index (χ0n) is 16.3. The van der Waals surface area contributed by atoms with E-state index in [9.17, 15) is 4.79 Å². The third kappa shape index (κ3) is 15.6. The lowest BCUT2D eigenvalue weighted by molar-refractivity contribution is -0.152. The fraction of sp³-hybridized carbons (Fsp3) is 0.682. The van der Waals surface area contributed by atoms with Crippen molar-refractivity contribution in [1.29, 1.82) is 0 Å². The van der Waals surface area contributed by atoms with Crippen molar-refractivity contribution in [2.24, 2.45) is 5.92 Å². The highest BCUT2D eigenvalue weighted by molar-refractivity contribution is 5.72. The van der Waals surface area contributed by atoms with Crippen LogP contribution in [0.25, 0.3) is 0 Å². The molecule has 0 aliphatic rings. The molecule has 0 saturated carbocycles. The molecule has 0 heterocycles. The molecule has 2 nitrogen and oxygen atoms in total. The Kier molecular flexibility index (Phi) is 15.6. The molecule has 0 aliphatic carbocycles. The van der Waals surface area contributed by atoms with E-state index >= 15 is 0 Å². The van der Waals surface area contributed by atoms with Gasteiger partial charge >= 0.3 is 5.97 Å². The van der Waals surface area contributed by atoms with Gasteiger partial charge in [0.1, 0.15) is 0 Å². The summed E-state index contributed by atoms with van der Waals surface area (Å²) < 4.78 is 5.22. The molecule has 1 unspecified atom stereocenters. The largest absolute Gasteiger partial charge is 0.463 e. The van der Waals surface area contributed by atoms with Crippen molar-refractivity contribution in [3.05, 3.63) is 36.5 Å². The number of rotatable bonds is 14. The van der Waals surface area contributed by atoms with Crippen LogP contribution in [-0.4, -0.2) is 12.1 Å². The number of hydrogen-bond donors (Lipinski definition) is 0. The Labute approximate surface area is 150 Å². The first-order valence-corrected chi connectivity index (χ1v) is 9.73. The minimum atomic E-state index is -0.0498. The van der Waals surface area contributed by atoms with Gasteiger partial charge in [-0.2, -0.15) is 0 Å². The van der Waals surface area contributed by atoms with Gasteiger partial charge in [0.05, 0.1) is 12.0 Å². The summed E-state index contributed by atoms with van der Waals surface area (Å²) in [5.41, 5.74) is 0. The normalized spacial score (nSPS) is 13.5. The van der Waals surface area contributed by atoms with E-state index in [2.05, 4.69) is 43.4 Å². The van der Waals surface area contributed by atoms with Crippen LogP contribution in [-0.2, 0) is 9.53 Å². The molecule has 0 aromatic heterocycles. The fourth-order valence-electron chi connectivity index (χ4n) is 2.36. The summed E-state index contributed by atoms with van der Waals surface area (Å²) in [5, 5.41) is 0. The molecule has 0 amide bonds. The van der Waals surface area contributed by atoms with Crippen LogP contribution in [0.15, 0.2) is 36.5 Å². The Morgan fingerprint density at radius 3 is 2.04 bits per heavy atom. The molecule has 2 heteroatoms. The van der Waals surface area contributed by atoms with Crippen LogP contribution in [0.1, 0.15) is 85.5 Å². The van der Waals surface area contributed by atoms with E-state index in [1.165, 1.54) is 19.3 Å². The average molecular weight is 335 g/mol. The first-order chi connectivity index (χ1) is 11.6. The molecule has 0 aromatic carbocycles. The summed E-state index contributed by atoms with van der Waals surface area (Å²) in [6.45, 7) is 7.93. The third-order valence-corrected chi connectivity index (χ3v) is 3.79. The van der Waals surface area contributed by atoms with E-state index < -0.39 is 0 Å². The molecule has 0 saturated heterocycles. The Morgan fingerprint density at radius 1 is 0.833 bits per heavy atom. The first-order valence-electron chi connectivity index (χ1n) is 9.73. The second-order valence-corrected chi connectivity index (χ2v) is 6.67. The minimum absolute atomic E-state index is 0.00520. The maximum absolute atomic E-state index is 11.7. The van der Waals surface area contributed by atoms with Gasteiger partial charge in [0.15, 0.2) is 0 Å². The maximum Gasteiger partial charge on any atom is 0.308 e. The van der Waals surface area contributed by atoms with Crippen molar-refractivity contribution < 1.29 is 9.53 Å². The van der Waals surface area contributed by atoms with Gasteiger partial charge < -0.3 is 4.74 Å². The molecular formula is C22H38O2. The van der Waals surface area contributed by atoms with Gasteiger partial charge in [0.2, 0.25) is 0 Å². The lowest BCUT2D eigenvalue weighted by Gasteiger charge is -2.13. The Hall–Kier alpha value is -1.31. The monoisotopic (exact) mass is 334 g/mol. The predicted molar refractivity (Wildman–Crippen MR) is 105 cm³/mol. The second kappa shape index (κ2) is 16.5. The van der Waals surface area contributed by atoms with E-state index in [0.717, 1.165) is 38.5 Å². The molecule has 0 rings (SSSR count). The summed E-state index contributed by atoms with van der Waals surface area (Å²) in [7, 11) is 0. The second-order valence-electron chi connectivity index (χ2n) is 6.67. The van der Waals surface area contributed by atoms with Crippen molar-refractivity contribution in [1.82, 2.24) is 0 Å². The lowest BCUT2D eigenvalue weighted by Crippen LogP contribution is -2.18.